The van der Waals surface area contributed by atoms with Gasteiger partial charge in [-0.15, -0.1) is 0 Å². The second-order valence-electron chi connectivity index (χ2n) is 12.6. The molecule has 0 amide bonds. The van der Waals surface area contributed by atoms with E-state index in [0.29, 0.717) is 17.5 Å². The number of fused-ring (bicyclic) bond motifs is 5. The van der Waals surface area contributed by atoms with E-state index in [1.54, 1.807) is 0 Å². The highest BCUT2D eigenvalue weighted by Crippen LogP contribution is 2.43. The molecule has 3 heterocycles. The summed E-state index contributed by atoms with van der Waals surface area (Å²) in [5.74, 6) is 1.76. The van der Waals surface area contributed by atoms with Crippen LogP contribution in [0.4, 0.5) is 0 Å². The van der Waals surface area contributed by atoms with E-state index in [4.69, 9.17) is 19.4 Å². The third kappa shape index (κ3) is 4.94. The van der Waals surface area contributed by atoms with E-state index >= 15 is 0 Å². The summed E-state index contributed by atoms with van der Waals surface area (Å²) in [5.41, 5.74) is 9.67. The Balaban J connectivity index is 1.25. The van der Waals surface area contributed by atoms with Gasteiger partial charge in [0.2, 0.25) is 0 Å². The highest BCUT2D eigenvalue weighted by molar-refractivity contribution is 6.14. The molecule has 0 radical (unpaired) electrons. The smallest absolute Gasteiger partial charge is 0.167 e. The van der Waals surface area contributed by atoms with Crippen molar-refractivity contribution in [3.63, 3.8) is 0 Å². The maximum absolute atomic E-state index is 6.62. The quantitative estimate of drug-likeness (QED) is 0.185. The number of pyridine rings is 1. The third-order valence-electron chi connectivity index (χ3n) is 9.59. The molecule has 51 heavy (non-hydrogen) atoms. The fraction of sp³-hybridized carbons (Fsp3) is 0. The van der Waals surface area contributed by atoms with Crippen LogP contribution in [0, 0.1) is 0 Å². The number of hydrogen-bond acceptors (Lipinski definition) is 5. The molecule has 3 aromatic heterocycles. The van der Waals surface area contributed by atoms with Crippen LogP contribution in [0.1, 0.15) is 0 Å². The fourth-order valence-corrected chi connectivity index (χ4v) is 7.19. The van der Waals surface area contributed by atoms with Crippen LogP contribution in [0.25, 0.3) is 100 Å². The SMILES string of the molecule is c1ccc(-c2nc(-c3ccccc3)nc(-c3cc(-c4ccc(-c5ccnc6ccccc56)c5ccccc45)cc4c3oc3ccccc34)n2)cc1. The Labute approximate surface area is 293 Å². The maximum atomic E-state index is 6.62. The largest absolute Gasteiger partial charge is 0.455 e. The van der Waals surface area contributed by atoms with Crippen LogP contribution >= 0.6 is 0 Å². The second kappa shape index (κ2) is 11.9. The third-order valence-corrected chi connectivity index (χ3v) is 9.59. The van der Waals surface area contributed by atoms with Crippen molar-refractivity contribution in [1.29, 1.82) is 0 Å². The summed E-state index contributed by atoms with van der Waals surface area (Å²) >= 11 is 0. The molecule has 0 aliphatic rings. The van der Waals surface area contributed by atoms with Crippen LogP contribution in [-0.4, -0.2) is 19.9 Å². The molecule has 0 aliphatic carbocycles. The topological polar surface area (TPSA) is 64.7 Å². The van der Waals surface area contributed by atoms with E-state index in [1.807, 2.05) is 85.1 Å². The lowest BCUT2D eigenvalue weighted by Crippen LogP contribution is -2.00. The van der Waals surface area contributed by atoms with E-state index in [2.05, 4.69) is 89.9 Å². The lowest BCUT2D eigenvalue weighted by Gasteiger charge is -2.15. The number of hydrogen-bond donors (Lipinski definition) is 0. The zero-order chi connectivity index (χ0) is 33.7. The first-order valence-electron chi connectivity index (χ1n) is 17.0. The van der Waals surface area contributed by atoms with Crippen molar-refractivity contribution < 1.29 is 4.42 Å². The van der Waals surface area contributed by atoms with Gasteiger partial charge in [0.1, 0.15) is 11.2 Å². The van der Waals surface area contributed by atoms with Gasteiger partial charge in [-0.1, -0.05) is 133 Å². The van der Waals surface area contributed by atoms with Gasteiger partial charge in [-0.3, -0.25) is 4.98 Å². The molecule has 0 unspecified atom stereocenters. The van der Waals surface area contributed by atoms with Crippen molar-refractivity contribution in [3.8, 4) is 56.4 Å². The van der Waals surface area contributed by atoms with E-state index in [0.717, 1.165) is 71.6 Å². The molecule has 10 aromatic rings. The Morgan fingerprint density at radius 1 is 0.353 bits per heavy atom. The summed E-state index contributed by atoms with van der Waals surface area (Å²) in [6.07, 6.45) is 1.90. The first kappa shape index (κ1) is 29.0. The highest BCUT2D eigenvalue weighted by Gasteiger charge is 2.21. The van der Waals surface area contributed by atoms with Crippen LogP contribution in [0.15, 0.2) is 174 Å². The van der Waals surface area contributed by atoms with E-state index in [1.165, 1.54) is 10.9 Å². The van der Waals surface area contributed by atoms with Crippen LogP contribution in [0.5, 0.6) is 0 Å². The summed E-state index contributed by atoms with van der Waals surface area (Å²) < 4.78 is 6.62. The van der Waals surface area contributed by atoms with Crippen LogP contribution in [-0.2, 0) is 0 Å². The first-order valence-corrected chi connectivity index (χ1v) is 17.0. The van der Waals surface area contributed by atoms with Crippen molar-refractivity contribution in [3.05, 3.63) is 170 Å². The minimum Gasteiger partial charge on any atom is -0.455 e. The molecule has 238 valence electrons. The molecule has 0 spiro atoms. The van der Waals surface area contributed by atoms with Crippen molar-refractivity contribution in [2.75, 3.05) is 0 Å². The molecule has 10 rings (SSSR count). The summed E-state index contributed by atoms with van der Waals surface area (Å²) in [5, 5.41) is 5.50. The molecule has 0 fully saturated rings. The Hall–Kier alpha value is -6.98. The molecule has 0 saturated carbocycles. The van der Waals surface area contributed by atoms with Gasteiger partial charge < -0.3 is 4.42 Å². The Morgan fingerprint density at radius 2 is 0.902 bits per heavy atom. The number of nitrogens with zero attached hydrogens (tertiary/aromatic N) is 4. The monoisotopic (exact) mass is 652 g/mol. The number of para-hydroxylation sites is 2. The van der Waals surface area contributed by atoms with E-state index < -0.39 is 0 Å². The number of furan rings is 1. The van der Waals surface area contributed by atoms with Gasteiger partial charge in [-0.2, -0.15) is 0 Å². The summed E-state index contributed by atoms with van der Waals surface area (Å²) in [6.45, 7) is 0. The summed E-state index contributed by atoms with van der Waals surface area (Å²) in [7, 11) is 0. The van der Waals surface area contributed by atoms with Crippen LogP contribution < -0.4 is 0 Å². The van der Waals surface area contributed by atoms with Crippen LogP contribution in [0.3, 0.4) is 0 Å². The molecule has 5 heteroatoms. The fourth-order valence-electron chi connectivity index (χ4n) is 7.19. The molecule has 0 aliphatic heterocycles. The minimum atomic E-state index is 0.554. The maximum Gasteiger partial charge on any atom is 0.167 e. The normalized spacial score (nSPS) is 11.5. The zero-order valence-corrected chi connectivity index (χ0v) is 27.4. The van der Waals surface area contributed by atoms with Gasteiger partial charge in [0.05, 0.1) is 11.1 Å². The van der Waals surface area contributed by atoms with Gasteiger partial charge in [0, 0.05) is 33.5 Å². The van der Waals surface area contributed by atoms with Gasteiger partial charge in [0.15, 0.2) is 17.5 Å². The van der Waals surface area contributed by atoms with Crippen molar-refractivity contribution >= 4 is 43.6 Å². The number of aromatic nitrogens is 4. The molecule has 0 atom stereocenters. The lowest BCUT2D eigenvalue weighted by atomic mass is 9.90. The van der Waals surface area contributed by atoms with Crippen LogP contribution in [0.2, 0.25) is 0 Å². The minimum absolute atomic E-state index is 0.554. The molecule has 0 bridgehead atoms. The molecule has 5 nitrogen and oxygen atoms in total. The standard InChI is InChI=1S/C46H28N4O/c1-3-13-29(14-4-1)44-48-45(30-15-5-2-6-16-30)50-46(49-44)40-28-31(27-39-38-20-10-12-22-42(38)51-43(39)40)32-23-24-35(34-18-8-7-17-33(32)34)36-25-26-47-41-21-11-9-19-37(36)41/h1-28H. The number of rotatable bonds is 5. The average molecular weight is 653 g/mol. The van der Waals surface area contributed by atoms with Crippen molar-refractivity contribution in [1.82, 2.24) is 19.9 Å². The number of benzene rings is 7. The summed E-state index contributed by atoms with van der Waals surface area (Å²) in [4.78, 5) is 19.8. The predicted molar refractivity (Wildman–Crippen MR) is 207 cm³/mol. The van der Waals surface area contributed by atoms with E-state index in [-0.39, 0.29) is 0 Å². The Morgan fingerprint density at radius 3 is 1.63 bits per heavy atom. The molecule has 7 aromatic carbocycles. The Kier molecular flexibility index (Phi) is 6.74. The highest BCUT2D eigenvalue weighted by atomic mass is 16.3. The molecular formula is C46H28N4O. The van der Waals surface area contributed by atoms with Crippen molar-refractivity contribution in [2.24, 2.45) is 0 Å². The predicted octanol–water partition coefficient (Wildman–Crippen LogP) is 11.8. The van der Waals surface area contributed by atoms with E-state index in [9.17, 15) is 0 Å². The summed E-state index contributed by atoms with van der Waals surface area (Å²) in [6, 6.07) is 56.3. The van der Waals surface area contributed by atoms with Gasteiger partial charge >= 0.3 is 0 Å². The average Bonchev–Trinajstić information content (AvgIpc) is 3.59. The first-order chi connectivity index (χ1) is 25.3. The molecule has 0 N–H and O–H groups in total. The lowest BCUT2D eigenvalue weighted by molar-refractivity contribution is 0.669. The molecular weight excluding hydrogens is 625 g/mol. The Bertz CT molecular complexity index is 2850. The van der Waals surface area contributed by atoms with Gasteiger partial charge in [-0.05, 0) is 63.4 Å². The van der Waals surface area contributed by atoms with Gasteiger partial charge in [0.25, 0.3) is 0 Å². The zero-order valence-electron chi connectivity index (χ0n) is 27.4. The second-order valence-corrected chi connectivity index (χ2v) is 12.6. The van der Waals surface area contributed by atoms with Crippen molar-refractivity contribution in [2.45, 2.75) is 0 Å². The van der Waals surface area contributed by atoms with Gasteiger partial charge in [-0.25, -0.2) is 15.0 Å². The molecule has 0 saturated heterocycles.